The maximum atomic E-state index is 10.1. The predicted octanol–water partition coefficient (Wildman–Crippen LogP) is 1.95. The molecule has 0 heterocycles. The highest BCUT2D eigenvalue weighted by atomic mass is 16.3. The molecule has 0 spiro atoms. The monoisotopic (exact) mass is 193 g/mol. The molecule has 3 N–H and O–H groups in total. The second kappa shape index (κ2) is 5.13. The van der Waals surface area contributed by atoms with Crippen LogP contribution in [-0.2, 0) is 0 Å². The zero-order valence-corrected chi connectivity index (χ0v) is 8.85. The van der Waals surface area contributed by atoms with E-state index in [-0.39, 0.29) is 5.92 Å². The van der Waals surface area contributed by atoms with Crippen LogP contribution in [0.4, 0.5) is 0 Å². The van der Waals surface area contributed by atoms with Gasteiger partial charge in [0.05, 0.1) is 6.10 Å². The van der Waals surface area contributed by atoms with E-state index in [0.717, 1.165) is 5.56 Å². The molecule has 78 valence electrons. The molecule has 0 bridgehead atoms. The Balaban J connectivity index is 2.78. The topological polar surface area (TPSA) is 46.2 Å². The molecule has 0 radical (unpaired) electrons. The minimum absolute atomic E-state index is 0.136. The molecule has 2 atom stereocenters. The van der Waals surface area contributed by atoms with Crippen molar-refractivity contribution in [2.75, 3.05) is 6.54 Å². The number of hydrogen-bond donors (Lipinski definition) is 2. The van der Waals surface area contributed by atoms with Crippen molar-refractivity contribution in [2.24, 2.45) is 17.6 Å². The van der Waals surface area contributed by atoms with Crippen molar-refractivity contribution in [3.05, 3.63) is 35.9 Å². The van der Waals surface area contributed by atoms with Crippen LogP contribution in [0.2, 0.25) is 0 Å². The van der Waals surface area contributed by atoms with Crippen LogP contribution in [-0.4, -0.2) is 11.7 Å². The van der Waals surface area contributed by atoms with E-state index in [1.807, 2.05) is 30.3 Å². The molecule has 2 unspecified atom stereocenters. The SMILES string of the molecule is CC(C)C(CN)C(O)c1ccccc1. The van der Waals surface area contributed by atoms with Gasteiger partial charge in [-0.25, -0.2) is 0 Å². The fourth-order valence-electron chi connectivity index (χ4n) is 1.66. The first-order valence-electron chi connectivity index (χ1n) is 5.10. The van der Waals surface area contributed by atoms with Gasteiger partial charge in [-0.2, -0.15) is 0 Å². The summed E-state index contributed by atoms with van der Waals surface area (Å²) < 4.78 is 0. The molecule has 0 saturated carbocycles. The minimum Gasteiger partial charge on any atom is -0.388 e. The molecule has 0 aliphatic carbocycles. The van der Waals surface area contributed by atoms with Crippen LogP contribution in [0.1, 0.15) is 25.5 Å². The molecule has 2 nitrogen and oxygen atoms in total. The molecule has 0 saturated heterocycles. The van der Waals surface area contributed by atoms with Crippen molar-refractivity contribution < 1.29 is 5.11 Å². The van der Waals surface area contributed by atoms with E-state index in [2.05, 4.69) is 13.8 Å². The number of benzene rings is 1. The fourth-order valence-corrected chi connectivity index (χ4v) is 1.66. The van der Waals surface area contributed by atoms with Gasteiger partial charge in [0.15, 0.2) is 0 Å². The zero-order valence-electron chi connectivity index (χ0n) is 8.85. The molecule has 0 fully saturated rings. The lowest BCUT2D eigenvalue weighted by Crippen LogP contribution is -2.26. The van der Waals surface area contributed by atoms with Crippen LogP contribution in [0.5, 0.6) is 0 Å². The van der Waals surface area contributed by atoms with Gasteiger partial charge in [-0.15, -0.1) is 0 Å². The lowest BCUT2D eigenvalue weighted by atomic mass is 9.87. The maximum absolute atomic E-state index is 10.1. The van der Waals surface area contributed by atoms with Crippen LogP contribution >= 0.6 is 0 Å². The average Bonchev–Trinajstić information content (AvgIpc) is 2.19. The number of nitrogens with two attached hydrogens (primary N) is 1. The number of aliphatic hydroxyl groups is 1. The Morgan fingerprint density at radius 3 is 2.21 bits per heavy atom. The van der Waals surface area contributed by atoms with Gasteiger partial charge in [-0.3, -0.25) is 0 Å². The molecule has 0 amide bonds. The normalized spacial score (nSPS) is 15.5. The van der Waals surface area contributed by atoms with Gasteiger partial charge >= 0.3 is 0 Å². The standard InChI is InChI=1S/C12H19NO/c1-9(2)11(8-13)12(14)10-6-4-3-5-7-10/h3-7,9,11-12,14H,8,13H2,1-2H3. The molecule has 1 aromatic rings. The molecule has 0 aromatic heterocycles. The zero-order chi connectivity index (χ0) is 10.6. The molecule has 1 rings (SSSR count). The summed E-state index contributed by atoms with van der Waals surface area (Å²) in [5.41, 5.74) is 6.61. The first kappa shape index (κ1) is 11.2. The van der Waals surface area contributed by atoms with Crippen LogP contribution in [0.25, 0.3) is 0 Å². The van der Waals surface area contributed by atoms with E-state index in [0.29, 0.717) is 12.5 Å². The molecule has 1 aromatic carbocycles. The minimum atomic E-state index is -0.443. The van der Waals surface area contributed by atoms with Crippen LogP contribution in [0.3, 0.4) is 0 Å². The van der Waals surface area contributed by atoms with E-state index in [1.54, 1.807) is 0 Å². The van der Waals surface area contributed by atoms with Gasteiger partial charge in [0.25, 0.3) is 0 Å². The summed E-state index contributed by atoms with van der Waals surface area (Å²) >= 11 is 0. The van der Waals surface area contributed by atoms with Gasteiger partial charge < -0.3 is 10.8 Å². The van der Waals surface area contributed by atoms with E-state index in [4.69, 9.17) is 5.73 Å². The van der Waals surface area contributed by atoms with E-state index < -0.39 is 6.10 Å². The number of rotatable bonds is 4. The van der Waals surface area contributed by atoms with Crippen molar-refractivity contribution >= 4 is 0 Å². The van der Waals surface area contributed by atoms with Gasteiger partial charge in [0, 0.05) is 5.92 Å². The Morgan fingerprint density at radius 2 is 1.79 bits per heavy atom. The quantitative estimate of drug-likeness (QED) is 0.767. The third-order valence-electron chi connectivity index (χ3n) is 2.68. The van der Waals surface area contributed by atoms with Gasteiger partial charge in [-0.1, -0.05) is 44.2 Å². The predicted molar refractivity (Wildman–Crippen MR) is 58.8 cm³/mol. The van der Waals surface area contributed by atoms with Gasteiger partial charge in [-0.05, 0) is 18.0 Å². The number of hydrogen-bond acceptors (Lipinski definition) is 2. The average molecular weight is 193 g/mol. The summed E-state index contributed by atoms with van der Waals surface area (Å²) in [6.07, 6.45) is -0.443. The first-order valence-corrected chi connectivity index (χ1v) is 5.10. The first-order chi connectivity index (χ1) is 6.66. The third-order valence-corrected chi connectivity index (χ3v) is 2.68. The lowest BCUT2D eigenvalue weighted by molar-refractivity contribution is 0.0861. The number of aliphatic hydroxyl groups excluding tert-OH is 1. The second-order valence-electron chi connectivity index (χ2n) is 4.00. The highest BCUT2D eigenvalue weighted by molar-refractivity contribution is 5.18. The van der Waals surface area contributed by atoms with Crippen molar-refractivity contribution in [1.29, 1.82) is 0 Å². The molecule has 0 aliphatic heterocycles. The summed E-state index contributed by atoms with van der Waals surface area (Å²) in [5.74, 6) is 0.535. The van der Waals surface area contributed by atoms with Gasteiger partial charge in [0.2, 0.25) is 0 Å². The highest BCUT2D eigenvalue weighted by Gasteiger charge is 2.22. The van der Waals surface area contributed by atoms with Crippen molar-refractivity contribution in [1.82, 2.24) is 0 Å². The summed E-state index contributed by atoms with van der Waals surface area (Å²) in [7, 11) is 0. The van der Waals surface area contributed by atoms with E-state index in [1.165, 1.54) is 0 Å². The lowest BCUT2D eigenvalue weighted by Gasteiger charge is -2.25. The fraction of sp³-hybridized carbons (Fsp3) is 0.500. The molecular formula is C12H19NO. The molecular weight excluding hydrogens is 174 g/mol. The summed E-state index contributed by atoms with van der Waals surface area (Å²) in [6.45, 7) is 4.70. The smallest absolute Gasteiger partial charge is 0.0832 e. The Kier molecular flexibility index (Phi) is 4.11. The summed E-state index contributed by atoms with van der Waals surface area (Å²) in [4.78, 5) is 0. The van der Waals surface area contributed by atoms with Crippen molar-refractivity contribution in [2.45, 2.75) is 20.0 Å². The van der Waals surface area contributed by atoms with Crippen LogP contribution in [0.15, 0.2) is 30.3 Å². The Hall–Kier alpha value is -0.860. The van der Waals surface area contributed by atoms with Crippen molar-refractivity contribution in [3.8, 4) is 0 Å². The Bertz CT molecular complexity index is 258. The van der Waals surface area contributed by atoms with E-state index >= 15 is 0 Å². The Morgan fingerprint density at radius 1 is 1.21 bits per heavy atom. The summed E-state index contributed by atoms with van der Waals surface area (Å²) in [6, 6.07) is 9.70. The maximum Gasteiger partial charge on any atom is 0.0832 e. The Labute approximate surface area is 85.8 Å². The highest BCUT2D eigenvalue weighted by Crippen LogP contribution is 2.26. The van der Waals surface area contributed by atoms with Crippen LogP contribution in [0, 0.1) is 11.8 Å². The summed E-state index contributed by atoms with van der Waals surface area (Å²) in [5, 5.41) is 10.1. The molecule has 2 heteroatoms. The van der Waals surface area contributed by atoms with Crippen molar-refractivity contribution in [3.63, 3.8) is 0 Å². The molecule has 0 aliphatic rings. The van der Waals surface area contributed by atoms with E-state index in [9.17, 15) is 5.11 Å². The van der Waals surface area contributed by atoms with Gasteiger partial charge in [0.1, 0.15) is 0 Å². The molecule has 14 heavy (non-hydrogen) atoms. The largest absolute Gasteiger partial charge is 0.388 e. The second-order valence-corrected chi connectivity index (χ2v) is 4.00. The van der Waals surface area contributed by atoms with Crippen LogP contribution < -0.4 is 5.73 Å². The third kappa shape index (κ3) is 2.56.